The number of fused-ring (bicyclic) bond motifs is 2. The summed E-state index contributed by atoms with van der Waals surface area (Å²) in [5.74, 6) is -2.85. The molecule has 36 heavy (non-hydrogen) atoms. The van der Waals surface area contributed by atoms with Crippen molar-refractivity contribution in [3.05, 3.63) is 47.5 Å². The van der Waals surface area contributed by atoms with Crippen LogP contribution in [-0.2, 0) is 9.59 Å². The Balaban J connectivity index is 0.000000345. The van der Waals surface area contributed by atoms with E-state index in [0.717, 1.165) is 57.3 Å². The number of carboxylic acid groups (broad SMARTS) is 2. The molecule has 1 unspecified atom stereocenters. The number of anilines is 2. The Labute approximate surface area is 219 Å². The van der Waals surface area contributed by atoms with Gasteiger partial charge in [-0.25, -0.2) is 4.79 Å². The zero-order valence-electron chi connectivity index (χ0n) is 19.9. The van der Waals surface area contributed by atoms with Crippen LogP contribution in [0.4, 0.5) is 11.4 Å². The van der Waals surface area contributed by atoms with Gasteiger partial charge in [0.1, 0.15) is 0 Å². The number of carbonyl (C=O) groups is 2. The first kappa shape index (κ1) is 28.2. The van der Waals surface area contributed by atoms with Gasteiger partial charge in [-0.1, -0.05) is 35.5 Å². The summed E-state index contributed by atoms with van der Waals surface area (Å²) in [4.78, 5) is 29.3. The fraction of sp³-hybridized carbons (Fsp3) is 0.440. The molecule has 11 heteroatoms. The second kappa shape index (κ2) is 13.8. The molecule has 2 heterocycles. The molecule has 196 valence electrons. The molecule has 0 radical (unpaired) electrons. The zero-order valence-corrected chi connectivity index (χ0v) is 21.5. The predicted molar refractivity (Wildman–Crippen MR) is 140 cm³/mol. The third-order valence-electron chi connectivity index (χ3n) is 5.98. The van der Waals surface area contributed by atoms with E-state index in [4.69, 9.17) is 32.0 Å². The minimum absolute atomic E-state index is 0.258. The van der Waals surface area contributed by atoms with Gasteiger partial charge < -0.3 is 30.2 Å². The third-order valence-corrected chi connectivity index (χ3v) is 7.34. The Morgan fingerprint density at radius 1 is 0.917 bits per heavy atom. The summed E-state index contributed by atoms with van der Waals surface area (Å²) in [6, 6.07) is 14.8. The predicted octanol–water partition coefficient (Wildman–Crippen LogP) is 2.85. The number of β-amino-alcohol motifs (C(OH)–C–C–N with tert-alkyl or cyclic N) is 1. The number of benzene rings is 2. The van der Waals surface area contributed by atoms with E-state index < -0.39 is 24.5 Å². The maximum atomic E-state index is 9.72. The molecular weight excluding hydrogens is 506 g/mol. The number of carboxylic acids is 2. The molecule has 0 aromatic heterocycles. The molecule has 1 saturated heterocycles. The van der Waals surface area contributed by atoms with E-state index in [1.807, 2.05) is 17.8 Å². The van der Waals surface area contributed by atoms with Crippen molar-refractivity contribution in [1.29, 1.82) is 0 Å². The van der Waals surface area contributed by atoms with E-state index >= 15 is 0 Å². The number of hydrogen-bond donors (Lipinski definition) is 4. The van der Waals surface area contributed by atoms with Crippen LogP contribution in [0.15, 0.2) is 52.3 Å². The Hall–Kier alpha value is -2.34. The van der Waals surface area contributed by atoms with Crippen molar-refractivity contribution in [2.24, 2.45) is 0 Å². The lowest BCUT2D eigenvalue weighted by Crippen LogP contribution is -2.47. The molecule has 9 nitrogen and oxygen atoms in total. The molecular formula is C25H32ClN3O6S. The number of para-hydroxylation sites is 1. The second-order valence-corrected chi connectivity index (χ2v) is 10.1. The van der Waals surface area contributed by atoms with Gasteiger partial charge in [-0.2, -0.15) is 0 Å². The summed E-state index contributed by atoms with van der Waals surface area (Å²) in [6.45, 7) is 7.45. The molecule has 0 bridgehead atoms. The van der Waals surface area contributed by atoms with Crippen LogP contribution in [0, 0.1) is 0 Å². The van der Waals surface area contributed by atoms with Crippen LogP contribution in [-0.4, -0.2) is 101 Å². The molecule has 1 fully saturated rings. The van der Waals surface area contributed by atoms with Crippen LogP contribution < -0.4 is 4.90 Å². The molecule has 4 rings (SSSR count). The van der Waals surface area contributed by atoms with Crippen LogP contribution >= 0.6 is 23.4 Å². The fourth-order valence-electron chi connectivity index (χ4n) is 4.13. The number of rotatable bonds is 9. The Bertz CT molecular complexity index is 1030. The lowest BCUT2D eigenvalue weighted by molar-refractivity contribution is -0.152. The van der Waals surface area contributed by atoms with Crippen molar-refractivity contribution < 1.29 is 30.0 Å². The van der Waals surface area contributed by atoms with Crippen molar-refractivity contribution >= 4 is 46.7 Å². The number of aliphatic hydroxyl groups excluding tert-OH is 2. The molecule has 4 N–H and O–H groups in total. The standard InChI is InChI=1S/C21H26ClN3OS.C4H6O5/c22-17-6-7-21-19(16-17)25(18-4-1-2-5-20(18)27-21)9-3-8-23-10-12-24(13-11-23)14-15-26;5-2(4(8)9)1-3(6)7/h1-2,4-7,16,26H,3,8-15H2;2,5H,1H2,(H,6,7)(H,8,9). The summed E-state index contributed by atoms with van der Waals surface area (Å²) >= 11 is 8.12. The molecule has 0 saturated carbocycles. The molecule has 2 aliphatic rings. The van der Waals surface area contributed by atoms with Crippen molar-refractivity contribution in [1.82, 2.24) is 9.80 Å². The van der Waals surface area contributed by atoms with E-state index in [1.54, 1.807) is 0 Å². The lowest BCUT2D eigenvalue weighted by atomic mass is 10.2. The highest BCUT2D eigenvalue weighted by Gasteiger charge is 2.24. The fourth-order valence-corrected chi connectivity index (χ4v) is 5.37. The second-order valence-electron chi connectivity index (χ2n) is 8.55. The minimum atomic E-state index is -1.79. The van der Waals surface area contributed by atoms with Crippen LogP contribution in [0.3, 0.4) is 0 Å². The topological polar surface area (TPSA) is 125 Å². The average Bonchev–Trinajstić information content (AvgIpc) is 2.85. The normalized spacial score (nSPS) is 16.4. The number of aliphatic carboxylic acids is 2. The van der Waals surface area contributed by atoms with Crippen LogP contribution in [0.1, 0.15) is 12.8 Å². The minimum Gasteiger partial charge on any atom is -0.481 e. The van der Waals surface area contributed by atoms with Gasteiger partial charge >= 0.3 is 11.9 Å². The van der Waals surface area contributed by atoms with Crippen LogP contribution in [0.25, 0.3) is 0 Å². The van der Waals surface area contributed by atoms with Crippen molar-refractivity contribution in [2.75, 3.05) is 57.3 Å². The first-order valence-electron chi connectivity index (χ1n) is 11.8. The summed E-state index contributed by atoms with van der Waals surface area (Å²) in [5, 5.41) is 34.0. The lowest BCUT2D eigenvalue weighted by Gasteiger charge is -2.36. The van der Waals surface area contributed by atoms with Gasteiger partial charge in [0.2, 0.25) is 0 Å². The number of halogens is 1. The van der Waals surface area contributed by atoms with Crippen molar-refractivity contribution in [3.8, 4) is 0 Å². The summed E-state index contributed by atoms with van der Waals surface area (Å²) in [6.07, 6.45) is -1.43. The number of nitrogens with zero attached hydrogens (tertiary/aromatic N) is 3. The van der Waals surface area contributed by atoms with Gasteiger partial charge in [0, 0.05) is 54.1 Å². The summed E-state index contributed by atoms with van der Waals surface area (Å²) in [5.41, 5.74) is 2.50. The first-order valence-corrected chi connectivity index (χ1v) is 13.0. The Morgan fingerprint density at radius 3 is 2.17 bits per heavy atom. The summed E-state index contributed by atoms with van der Waals surface area (Å²) < 4.78 is 0. The first-order chi connectivity index (χ1) is 17.3. The van der Waals surface area contributed by atoms with E-state index in [-0.39, 0.29) is 6.61 Å². The SMILES string of the molecule is O=C(O)CC(O)C(=O)O.OCCN1CCN(CCCN2c3ccccc3Sc3ccc(Cl)cc32)CC1. The van der Waals surface area contributed by atoms with Gasteiger partial charge in [0.05, 0.1) is 24.4 Å². The molecule has 0 amide bonds. The Morgan fingerprint density at radius 2 is 1.56 bits per heavy atom. The number of hydrogen-bond acceptors (Lipinski definition) is 8. The smallest absolute Gasteiger partial charge is 0.333 e. The maximum absolute atomic E-state index is 9.72. The summed E-state index contributed by atoms with van der Waals surface area (Å²) in [7, 11) is 0. The maximum Gasteiger partial charge on any atom is 0.333 e. The molecule has 1 atom stereocenters. The highest BCUT2D eigenvalue weighted by atomic mass is 35.5. The van der Waals surface area contributed by atoms with Gasteiger partial charge in [0.25, 0.3) is 0 Å². The van der Waals surface area contributed by atoms with Gasteiger partial charge in [-0.15, -0.1) is 0 Å². The van der Waals surface area contributed by atoms with E-state index in [1.165, 1.54) is 21.2 Å². The van der Waals surface area contributed by atoms with Gasteiger partial charge in [0.15, 0.2) is 6.10 Å². The molecule has 0 aliphatic carbocycles. The van der Waals surface area contributed by atoms with Crippen LogP contribution in [0.2, 0.25) is 5.02 Å². The third kappa shape index (κ3) is 8.09. The van der Waals surface area contributed by atoms with E-state index in [9.17, 15) is 9.59 Å². The largest absolute Gasteiger partial charge is 0.481 e. The quantitative estimate of drug-likeness (QED) is 0.379. The molecule has 0 spiro atoms. The molecule has 2 aromatic rings. The highest BCUT2D eigenvalue weighted by molar-refractivity contribution is 7.99. The van der Waals surface area contributed by atoms with Crippen molar-refractivity contribution in [2.45, 2.75) is 28.7 Å². The Kier molecular flexibility index (Phi) is 10.8. The van der Waals surface area contributed by atoms with E-state index in [2.05, 4.69) is 51.1 Å². The highest BCUT2D eigenvalue weighted by Crippen LogP contribution is 2.48. The van der Waals surface area contributed by atoms with Gasteiger partial charge in [-0.3, -0.25) is 9.69 Å². The van der Waals surface area contributed by atoms with Gasteiger partial charge in [-0.05, 0) is 43.3 Å². The average molecular weight is 538 g/mol. The van der Waals surface area contributed by atoms with Crippen LogP contribution in [0.5, 0.6) is 0 Å². The van der Waals surface area contributed by atoms with E-state index in [0.29, 0.717) is 0 Å². The number of piperazine rings is 1. The monoisotopic (exact) mass is 537 g/mol. The number of aliphatic hydroxyl groups is 2. The zero-order chi connectivity index (χ0) is 26.1. The molecule has 2 aromatic carbocycles. The van der Waals surface area contributed by atoms with Crippen molar-refractivity contribution in [3.63, 3.8) is 0 Å². The molecule has 2 aliphatic heterocycles.